The van der Waals surface area contributed by atoms with E-state index in [2.05, 4.69) is 0 Å². The third kappa shape index (κ3) is 6.87. The number of hydrogen-bond acceptors (Lipinski definition) is 6. The quantitative estimate of drug-likeness (QED) is 0.275. The second-order valence-electron chi connectivity index (χ2n) is 3.43. The molecular formula is C11H22O6Si. The molecule has 0 aliphatic carbocycles. The van der Waals surface area contributed by atoms with Crippen LogP contribution in [0.5, 0.6) is 0 Å². The lowest BCUT2D eigenvalue weighted by molar-refractivity contribution is -0.137. The summed E-state index contributed by atoms with van der Waals surface area (Å²) in [5, 5.41) is 8.73. The number of ether oxygens (including phenoxy) is 1. The Balaban J connectivity index is 4.00. The summed E-state index contributed by atoms with van der Waals surface area (Å²) in [7, 11) is 0.301. The van der Waals surface area contributed by atoms with Crippen molar-refractivity contribution in [3.8, 4) is 0 Å². The summed E-state index contributed by atoms with van der Waals surface area (Å²) in [6.07, 6.45) is 3.57. The van der Waals surface area contributed by atoms with E-state index in [9.17, 15) is 4.79 Å². The highest BCUT2D eigenvalue weighted by atomic mass is 28.4. The number of aliphatic hydroxyl groups excluding tert-OH is 1. The van der Waals surface area contributed by atoms with Gasteiger partial charge in [-0.1, -0.05) is 6.08 Å². The van der Waals surface area contributed by atoms with Crippen molar-refractivity contribution in [3.63, 3.8) is 0 Å². The number of hydrogen-bond donors (Lipinski definition) is 1. The first kappa shape index (κ1) is 17.3. The lowest BCUT2D eigenvalue weighted by Gasteiger charge is -2.25. The third-order valence-corrected chi connectivity index (χ3v) is 5.06. The summed E-state index contributed by atoms with van der Waals surface area (Å²) >= 11 is 0. The number of carbonyl (C=O) groups is 1. The maximum absolute atomic E-state index is 11.1. The molecule has 0 heterocycles. The van der Waals surface area contributed by atoms with Crippen molar-refractivity contribution in [2.75, 3.05) is 34.0 Å². The minimum Gasteiger partial charge on any atom is -0.463 e. The van der Waals surface area contributed by atoms with Gasteiger partial charge in [0.25, 0.3) is 0 Å². The molecule has 106 valence electrons. The second-order valence-corrected chi connectivity index (χ2v) is 6.41. The molecular weight excluding hydrogens is 256 g/mol. The van der Waals surface area contributed by atoms with E-state index in [1.807, 2.05) is 0 Å². The smallest absolute Gasteiger partial charge is 0.463 e. The fraction of sp³-hybridized carbons (Fsp3) is 0.727. The summed E-state index contributed by atoms with van der Waals surface area (Å²) in [5.41, 5.74) is 0. The van der Waals surface area contributed by atoms with Crippen LogP contribution < -0.4 is 0 Å². The second kappa shape index (κ2) is 10.2. The monoisotopic (exact) mass is 278 g/mol. The molecule has 0 aromatic heterocycles. The molecule has 0 rings (SSSR count). The van der Waals surface area contributed by atoms with E-state index in [4.69, 9.17) is 23.1 Å². The minimum absolute atomic E-state index is 0.0856. The van der Waals surface area contributed by atoms with Crippen molar-refractivity contribution >= 4 is 14.8 Å². The standard InChI is InChI=1S/C11H22O6Si/c1-4-6-11(13)16-8-5-10-18(14-2,15-3)17-9-7-12/h4,6,12H,5,7-10H2,1-3H3. The average molecular weight is 278 g/mol. The molecule has 6 nitrogen and oxygen atoms in total. The predicted molar refractivity (Wildman–Crippen MR) is 68.0 cm³/mol. The van der Waals surface area contributed by atoms with Crippen LogP contribution in [-0.2, 0) is 22.8 Å². The molecule has 0 aliphatic heterocycles. The van der Waals surface area contributed by atoms with Gasteiger partial charge in [0.1, 0.15) is 0 Å². The highest BCUT2D eigenvalue weighted by Crippen LogP contribution is 2.15. The van der Waals surface area contributed by atoms with E-state index in [1.54, 1.807) is 13.0 Å². The van der Waals surface area contributed by atoms with Crippen molar-refractivity contribution < 1.29 is 27.9 Å². The Kier molecular flexibility index (Phi) is 9.80. The van der Waals surface area contributed by atoms with Gasteiger partial charge in [0.05, 0.1) is 19.8 Å². The summed E-state index contributed by atoms with van der Waals surface area (Å²) in [6.45, 7) is 2.12. The van der Waals surface area contributed by atoms with Gasteiger partial charge in [-0.25, -0.2) is 4.79 Å². The van der Waals surface area contributed by atoms with Crippen LogP contribution in [0, 0.1) is 0 Å². The summed E-state index contributed by atoms with van der Waals surface area (Å²) in [5.74, 6) is -0.365. The summed E-state index contributed by atoms with van der Waals surface area (Å²) in [4.78, 5) is 11.1. The van der Waals surface area contributed by atoms with Gasteiger partial charge in [0, 0.05) is 26.3 Å². The topological polar surface area (TPSA) is 74.2 Å². The molecule has 0 spiro atoms. The van der Waals surface area contributed by atoms with Gasteiger partial charge in [-0.3, -0.25) is 0 Å². The van der Waals surface area contributed by atoms with Gasteiger partial charge in [0.2, 0.25) is 0 Å². The Hall–Kier alpha value is -0.733. The molecule has 0 unspecified atom stereocenters. The van der Waals surface area contributed by atoms with Crippen LogP contribution in [0.3, 0.4) is 0 Å². The fourth-order valence-electron chi connectivity index (χ4n) is 1.32. The van der Waals surface area contributed by atoms with Crippen LogP contribution in [0.15, 0.2) is 12.2 Å². The van der Waals surface area contributed by atoms with E-state index in [0.29, 0.717) is 12.5 Å². The molecule has 0 amide bonds. The molecule has 7 heteroatoms. The van der Waals surface area contributed by atoms with Crippen LogP contribution in [0.1, 0.15) is 13.3 Å². The van der Waals surface area contributed by atoms with Gasteiger partial charge >= 0.3 is 14.8 Å². The first-order chi connectivity index (χ1) is 8.64. The maximum atomic E-state index is 11.1. The Morgan fingerprint density at radius 3 is 2.44 bits per heavy atom. The van der Waals surface area contributed by atoms with Crippen LogP contribution in [0.4, 0.5) is 0 Å². The molecule has 18 heavy (non-hydrogen) atoms. The van der Waals surface area contributed by atoms with Gasteiger partial charge in [0.15, 0.2) is 0 Å². The molecule has 0 aromatic rings. The fourth-order valence-corrected chi connectivity index (χ4v) is 3.26. The third-order valence-electron chi connectivity index (χ3n) is 2.21. The first-order valence-electron chi connectivity index (χ1n) is 5.78. The van der Waals surface area contributed by atoms with E-state index in [0.717, 1.165) is 0 Å². The number of allylic oxidation sites excluding steroid dienone is 1. The van der Waals surface area contributed by atoms with Crippen LogP contribution in [0.2, 0.25) is 6.04 Å². The van der Waals surface area contributed by atoms with Gasteiger partial charge in [-0.05, 0) is 13.3 Å². The zero-order valence-corrected chi connectivity index (χ0v) is 12.2. The van der Waals surface area contributed by atoms with Crippen molar-refractivity contribution in [2.45, 2.75) is 19.4 Å². The zero-order chi connectivity index (χ0) is 13.9. The van der Waals surface area contributed by atoms with Crippen molar-refractivity contribution in [3.05, 3.63) is 12.2 Å². The Labute approximate surface area is 109 Å². The normalized spacial score (nSPS) is 12.0. The van der Waals surface area contributed by atoms with E-state index in [1.165, 1.54) is 20.3 Å². The van der Waals surface area contributed by atoms with Gasteiger partial charge in [-0.2, -0.15) is 0 Å². The number of aliphatic hydroxyl groups is 1. The highest BCUT2D eigenvalue weighted by Gasteiger charge is 2.38. The SMILES string of the molecule is CC=CC(=O)OCCC[Si](OC)(OC)OCCO. The van der Waals surface area contributed by atoms with E-state index in [-0.39, 0.29) is 25.8 Å². The Bertz CT molecular complexity index is 252. The first-order valence-corrected chi connectivity index (χ1v) is 7.72. The van der Waals surface area contributed by atoms with E-state index >= 15 is 0 Å². The van der Waals surface area contributed by atoms with Crippen molar-refractivity contribution in [1.82, 2.24) is 0 Å². The molecule has 0 bridgehead atoms. The lowest BCUT2D eigenvalue weighted by Crippen LogP contribution is -2.44. The molecule has 0 radical (unpaired) electrons. The summed E-state index contributed by atoms with van der Waals surface area (Å²) in [6, 6.07) is 0.531. The number of carbonyl (C=O) groups excluding carboxylic acids is 1. The maximum Gasteiger partial charge on any atom is 0.500 e. The van der Waals surface area contributed by atoms with Crippen LogP contribution in [-0.4, -0.2) is 53.9 Å². The number of esters is 1. The van der Waals surface area contributed by atoms with Crippen LogP contribution in [0.25, 0.3) is 0 Å². The summed E-state index contributed by atoms with van der Waals surface area (Å²) < 4.78 is 20.9. The van der Waals surface area contributed by atoms with E-state index < -0.39 is 8.80 Å². The lowest BCUT2D eigenvalue weighted by atomic mass is 10.5. The zero-order valence-electron chi connectivity index (χ0n) is 11.2. The molecule has 0 fully saturated rings. The molecule has 0 atom stereocenters. The molecule has 1 N–H and O–H groups in total. The predicted octanol–water partition coefficient (Wildman–Crippen LogP) is 0.736. The minimum atomic E-state index is -2.72. The van der Waals surface area contributed by atoms with Crippen LogP contribution >= 0.6 is 0 Å². The Morgan fingerprint density at radius 2 is 1.94 bits per heavy atom. The number of rotatable bonds is 10. The highest BCUT2D eigenvalue weighted by molar-refractivity contribution is 6.60. The molecule has 0 aromatic carbocycles. The average Bonchev–Trinajstić information content (AvgIpc) is 2.39. The molecule has 0 saturated carbocycles. The molecule has 0 saturated heterocycles. The Morgan fingerprint density at radius 1 is 1.28 bits per heavy atom. The van der Waals surface area contributed by atoms with Crippen molar-refractivity contribution in [2.24, 2.45) is 0 Å². The van der Waals surface area contributed by atoms with Gasteiger partial charge < -0.3 is 23.1 Å². The van der Waals surface area contributed by atoms with Gasteiger partial charge in [-0.15, -0.1) is 0 Å². The molecule has 0 aliphatic rings. The van der Waals surface area contributed by atoms with Crippen molar-refractivity contribution in [1.29, 1.82) is 0 Å². The largest absolute Gasteiger partial charge is 0.500 e.